The molecule has 0 aliphatic heterocycles. The van der Waals surface area contributed by atoms with E-state index >= 15 is 0 Å². The molecule has 2 N–H and O–H groups in total. The molecule has 1 atom stereocenters. The fraction of sp³-hybridized carbons (Fsp3) is 0.333. The molecule has 0 bridgehead atoms. The second-order valence-corrected chi connectivity index (χ2v) is 5.48. The first-order chi connectivity index (χ1) is 9.13. The highest BCUT2D eigenvalue weighted by Gasteiger charge is 2.19. The molecule has 102 valence electrons. The number of hydrogen-bond acceptors (Lipinski definition) is 4. The van der Waals surface area contributed by atoms with E-state index in [1.54, 1.807) is 18.4 Å². The fourth-order valence-corrected chi connectivity index (χ4v) is 2.82. The Morgan fingerprint density at radius 1 is 1.11 bits per heavy atom. The smallest absolute Gasteiger partial charge is 0.134 e. The summed E-state index contributed by atoms with van der Waals surface area (Å²) in [5, 5.41) is 1.99. The zero-order valence-electron chi connectivity index (χ0n) is 11.4. The van der Waals surface area contributed by atoms with Crippen molar-refractivity contribution in [3.8, 4) is 11.5 Å². The van der Waals surface area contributed by atoms with Crippen LogP contribution in [0.3, 0.4) is 0 Å². The van der Waals surface area contributed by atoms with Crippen LogP contribution in [0.1, 0.15) is 30.3 Å². The number of thiophene rings is 1. The number of hydrogen-bond donors (Lipinski definition) is 1. The van der Waals surface area contributed by atoms with Crippen LogP contribution in [0.5, 0.6) is 11.5 Å². The van der Waals surface area contributed by atoms with Crippen LogP contribution in [-0.4, -0.2) is 13.2 Å². The minimum atomic E-state index is -0.232. The van der Waals surface area contributed by atoms with Crippen LogP contribution in [-0.2, 0) is 0 Å². The van der Waals surface area contributed by atoms with Crippen LogP contribution in [0.15, 0.2) is 35.7 Å². The van der Waals surface area contributed by atoms with Crippen molar-refractivity contribution in [2.24, 2.45) is 5.73 Å². The van der Waals surface area contributed by atoms with Crippen LogP contribution in [0.4, 0.5) is 0 Å². The van der Waals surface area contributed by atoms with Crippen LogP contribution in [0.2, 0.25) is 0 Å². The van der Waals surface area contributed by atoms with Gasteiger partial charge in [0.2, 0.25) is 0 Å². The Hall–Kier alpha value is -1.52. The SMILES string of the molecule is COc1ccsc1C(N)c1ccccc1OC(C)C. The van der Waals surface area contributed by atoms with Gasteiger partial charge in [-0.05, 0) is 31.4 Å². The Labute approximate surface area is 118 Å². The van der Waals surface area contributed by atoms with Gasteiger partial charge in [0.15, 0.2) is 0 Å². The Morgan fingerprint density at radius 3 is 2.53 bits per heavy atom. The van der Waals surface area contributed by atoms with Gasteiger partial charge in [-0.15, -0.1) is 11.3 Å². The van der Waals surface area contributed by atoms with E-state index < -0.39 is 0 Å². The minimum absolute atomic E-state index is 0.124. The lowest BCUT2D eigenvalue weighted by molar-refractivity contribution is 0.239. The summed E-state index contributed by atoms with van der Waals surface area (Å²) < 4.78 is 11.2. The molecule has 19 heavy (non-hydrogen) atoms. The van der Waals surface area contributed by atoms with E-state index in [1.807, 2.05) is 49.6 Å². The number of ether oxygens (including phenoxy) is 2. The van der Waals surface area contributed by atoms with E-state index in [0.29, 0.717) is 0 Å². The molecule has 1 aromatic heterocycles. The second kappa shape index (κ2) is 6.08. The molecular formula is C15H19NO2S. The van der Waals surface area contributed by atoms with Crippen molar-refractivity contribution in [2.45, 2.75) is 26.0 Å². The highest BCUT2D eigenvalue weighted by atomic mass is 32.1. The van der Waals surface area contributed by atoms with E-state index in [4.69, 9.17) is 15.2 Å². The zero-order valence-corrected chi connectivity index (χ0v) is 12.2. The molecular weight excluding hydrogens is 258 g/mol. The number of methoxy groups -OCH3 is 1. The largest absolute Gasteiger partial charge is 0.496 e. The molecule has 4 heteroatoms. The Kier molecular flexibility index (Phi) is 4.45. The quantitative estimate of drug-likeness (QED) is 0.908. The summed E-state index contributed by atoms with van der Waals surface area (Å²) in [4.78, 5) is 1.02. The van der Waals surface area contributed by atoms with Crippen molar-refractivity contribution >= 4 is 11.3 Å². The van der Waals surface area contributed by atoms with Crippen molar-refractivity contribution in [1.29, 1.82) is 0 Å². The van der Waals surface area contributed by atoms with Crippen molar-refractivity contribution < 1.29 is 9.47 Å². The molecule has 2 aromatic rings. The van der Waals surface area contributed by atoms with Gasteiger partial charge in [0.25, 0.3) is 0 Å². The molecule has 0 aliphatic carbocycles. The van der Waals surface area contributed by atoms with Crippen LogP contribution in [0, 0.1) is 0 Å². The van der Waals surface area contributed by atoms with Crippen LogP contribution in [0.25, 0.3) is 0 Å². The van der Waals surface area contributed by atoms with E-state index in [1.165, 1.54) is 0 Å². The molecule has 3 nitrogen and oxygen atoms in total. The molecule has 0 radical (unpaired) electrons. The topological polar surface area (TPSA) is 44.5 Å². The first kappa shape index (κ1) is 13.9. The third-order valence-electron chi connectivity index (χ3n) is 2.78. The molecule has 1 unspecified atom stereocenters. The van der Waals surface area contributed by atoms with Gasteiger partial charge in [-0.3, -0.25) is 0 Å². The molecule has 0 saturated carbocycles. The Morgan fingerprint density at radius 2 is 1.84 bits per heavy atom. The minimum Gasteiger partial charge on any atom is -0.496 e. The summed E-state index contributed by atoms with van der Waals surface area (Å²) in [5.74, 6) is 1.66. The average molecular weight is 277 g/mol. The molecule has 1 heterocycles. The maximum Gasteiger partial charge on any atom is 0.134 e. The van der Waals surface area contributed by atoms with Crippen molar-refractivity contribution in [3.63, 3.8) is 0 Å². The van der Waals surface area contributed by atoms with E-state index in [0.717, 1.165) is 21.9 Å². The molecule has 0 aliphatic rings. The summed E-state index contributed by atoms with van der Waals surface area (Å²) in [6.45, 7) is 4.02. The summed E-state index contributed by atoms with van der Waals surface area (Å²) in [7, 11) is 1.66. The number of rotatable bonds is 5. The van der Waals surface area contributed by atoms with Crippen LogP contribution >= 0.6 is 11.3 Å². The van der Waals surface area contributed by atoms with Gasteiger partial charge >= 0.3 is 0 Å². The van der Waals surface area contributed by atoms with E-state index in [9.17, 15) is 0 Å². The number of para-hydroxylation sites is 1. The van der Waals surface area contributed by atoms with Gasteiger partial charge in [0.05, 0.1) is 24.1 Å². The Bertz CT molecular complexity index is 536. The van der Waals surface area contributed by atoms with Gasteiger partial charge in [0.1, 0.15) is 11.5 Å². The predicted molar refractivity (Wildman–Crippen MR) is 79.1 cm³/mol. The zero-order chi connectivity index (χ0) is 13.8. The normalized spacial score (nSPS) is 12.5. The highest BCUT2D eigenvalue weighted by Crippen LogP contribution is 2.36. The number of benzene rings is 1. The molecule has 0 amide bonds. The first-order valence-electron chi connectivity index (χ1n) is 6.26. The molecule has 1 aromatic carbocycles. The summed E-state index contributed by atoms with van der Waals surface area (Å²) in [6.07, 6.45) is 0.124. The Balaban J connectivity index is 2.36. The van der Waals surface area contributed by atoms with Gasteiger partial charge in [-0.25, -0.2) is 0 Å². The third-order valence-corrected chi connectivity index (χ3v) is 3.76. The maximum absolute atomic E-state index is 6.36. The monoisotopic (exact) mass is 277 g/mol. The lowest BCUT2D eigenvalue weighted by atomic mass is 10.0. The second-order valence-electron chi connectivity index (χ2n) is 4.54. The van der Waals surface area contributed by atoms with Crippen molar-refractivity contribution in [2.75, 3.05) is 7.11 Å². The van der Waals surface area contributed by atoms with Gasteiger partial charge in [0, 0.05) is 5.56 Å². The molecule has 0 spiro atoms. The fourth-order valence-electron chi connectivity index (χ4n) is 1.94. The van der Waals surface area contributed by atoms with Crippen LogP contribution < -0.4 is 15.2 Å². The van der Waals surface area contributed by atoms with E-state index in [-0.39, 0.29) is 12.1 Å². The third kappa shape index (κ3) is 3.08. The van der Waals surface area contributed by atoms with E-state index in [2.05, 4.69) is 0 Å². The first-order valence-corrected chi connectivity index (χ1v) is 7.14. The van der Waals surface area contributed by atoms with Gasteiger partial charge < -0.3 is 15.2 Å². The average Bonchev–Trinajstić information content (AvgIpc) is 2.86. The summed E-state index contributed by atoms with van der Waals surface area (Å²) in [6, 6.07) is 9.59. The summed E-state index contributed by atoms with van der Waals surface area (Å²) in [5.41, 5.74) is 7.35. The standard InChI is InChI=1S/C15H19NO2S/c1-10(2)18-12-7-5-4-6-11(12)14(16)15-13(17-3)8-9-19-15/h4-10,14H,16H2,1-3H3. The highest BCUT2D eigenvalue weighted by molar-refractivity contribution is 7.10. The molecule has 0 saturated heterocycles. The maximum atomic E-state index is 6.36. The van der Waals surface area contributed by atoms with Crippen molar-refractivity contribution in [3.05, 3.63) is 46.2 Å². The lowest BCUT2D eigenvalue weighted by Crippen LogP contribution is -2.15. The predicted octanol–water partition coefficient (Wildman–Crippen LogP) is 3.59. The summed E-state index contributed by atoms with van der Waals surface area (Å²) >= 11 is 1.60. The lowest BCUT2D eigenvalue weighted by Gasteiger charge is -2.18. The number of nitrogens with two attached hydrogens (primary N) is 1. The molecule has 0 fully saturated rings. The van der Waals surface area contributed by atoms with Gasteiger partial charge in [-0.1, -0.05) is 18.2 Å². The van der Waals surface area contributed by atoms with Crippen molar-refractivity contribution in [1.82, 2.24) is 0 Å². The molecule has 2 rings (SSSR count). The van der Waals surface area contributed by atoms with Gasteiger partial charge in [-0.2, -0.15) is 0 Å².